The molecule has 96 valence electrons. The Balaban J connectivity index is 2.05. The van der Waals surface area contributed by atoms with Gasteiger partial charge in [-0.1, -0.05) is 28.8 Å². The molecule has 1 aliphatic heterocycles. The molecular weight excluding hydrogens is 292 g/mol. The molecule has 0 bridgehead atoms. The smallest absolute Gasteiger partial charge is 0.246 e. The van der Waals surface area contributed by atoms with E-state index in [1.54, 1.807) is 0 Å². The van der Waals surface area contributed by atoms with Crippen LogP contribution in [0.25, 0.3) is 0 Å². The molecule has 1 aliphatic carbocycles. The topological polar surface area (TPSA) is 32.3 Å². The maximum atomic E-state index is 12.0. The van der Waals surface area contributed by atoms with Gasteiger partial charge in [0.2, 0.25) is 5.91 Å². The third kappa shape index (κ3) is 1.92. The van der Waals surface area contributed by atoms with Gasteiger partial charge in [-0.2, -0.15) is 0 Å². The summed E-state index contributed by atoms with van der Waals surface area (Å²) in [5.74, 6) is 0.108. The third-order valence-corrected chi connectivity index (χ3v) is 4.50. The summed E-state index contributed by atoms with van der Waals surface area (Å²) in [5.41, 5.74) is 2.09. The molecule has 18 heavy (non-hydrogen) atoms. The number of nitrogens with zero attached hydrogens (tertiary/aromatic N) is 1. The summed E-state index contributed by atoms with van der Waals surface area (Å²) < 4.78 is 1.06. The lowest BCUT2D eigenvalue weighted by Gasteiger charge is -2.40. The van der Waals surface area contributed by atoms with Crippen LogP contribution in [0.1, 0.15) is 32.6 Å². The monoisotopic (exact) mass is 308 g/mol. The number of anilines is 2. The van der Waals surface area contributed by atoms with Crippen LogP contribution in [-0.2, 0) is 4.79 Å². The molecule has 0 spiro atoms. The van der Waals surface area contributed by atoms with Crippen molar-refractivity contribution in [3.8, 4) is 0 Å². The largest absolute Gasteiger partial charge is 0.355 e. The minimum absolute atomic E-state index is 0.0742. The van der Waals surface area contributed by atoms with Crippen LogP contribution < -0.4 is 10.2 Å². The van der Waals surface area contributed by atoms with Crippen LogP contribution in [0.3, 0.4) is 0 Å². The van der Waals surface area contributed by atoms with Crippen LogP contribution in [0.15, 0.2) is 22.7 Å². The number of hydrogen-bond acceptors (Lipinski definition) is 2. The Morgan fingerprint density at radius 3 is 2.78 bits per heavy atom. The second kappa shape index (κ2) is 4.57. The molecule has 2 aliphatic rings. The molecule has 0 radical (unpaired) electrons. The van der Waals surface area contributed by atoms with Crippen molar-refractivity contribution < 1.29 is 4.79 Å². The van der Waals surface area contributed by atoms with Crippen LogP contribution in [0.2, 0.25) is 0 Å². The normalized spacial score (nSPS) is 24.0. The van der Waals surface area contributed by atoms with Crippen LogP contribution in [0.5, 0.6) is 0 Å². The maximum Gasteiger partial charge on any atom is 0.246 e. The van der Waals surface area contributed by atoms with E-state index in [9.17, 15) is 4.79 Å². The van der Waals surface area contributed by atoms with Gasteiger partial charge in [-0.3, -0.25) is 4.79 Å². The predicted molar refractivity (Wildman–Crippen MR) is 77.0 cm³/mol. The summed E-state index contributed by atoms with van der Waals surface area (Å²) in [5, 5.41) is 2.99. The minimum atomic E-state index is -0.0742. The van der Waals surface area contributed by atoms with Crippen molar-refractivity contribution in [1.82, 2.24) is 0 Å². The first kappa shape index (κ1) is 12.0. The van der Waals surface area contributed by atoms with E-state index in [0.29, 0.717) is 6.04 Å². The first-order valence-corrected chi connectivity index (χ1v) is 7.35. The van der Waals surface area contributed by atoms with E-state index in [-0.39, 0.29) is 11.9 Å². The number of benzene rings is 1. The molecule has 1 heterocycles. The van der Waals surface area contributed by atoms with Crippen molar-refractivity contribution >= 4 is 33.2 Å². The van der Waals surface area contributed by atoms with Crippen LogP contribution in [-0.4, -0.2) is 18.0 Å². The Hall–Kier alpha value is -1.03. The second-order valence-corrected chi connectivity index (χ2v) is 6.09. The highest BCUT2D eigenvalue weighted by molar-refractivity contribution is 9.10. The fourth-order valence-electron chi connectivity index (χ4n) is 3.09. The number of rotatable bonds is 1. The number of amides is 1. The molecule has 1 aromatic rings. The summed E-state index contributed by atoms with van der Waals surface area (Å²) >= 11 is 3.52. The zero-order valence-corrected chi connectivity index (χ0v) is 12.0. The Morgan fingerprint density at radius 2 is 2.06 bits per heavy atom. The van der Waals surface area contributed by atoms with E-state index < -0.39 is 0 Å². The molecule has 4 heteroatoms. The number of carbonyl (C=O) groups is 1. The number of carbonyl (C=O) groups excluding carboxylic acids is 1. The van der Waals surface area contributed by atoms with Crippen LogP contribution in [0, 0.1) is 0 Å². The molecular formula is C14H17BrN2O. The molecule has 1 atom stereocenters. The third-order valence-electron chi connectivity index (χ3n) is 4.01. The number of nitrogens with one attached hydrogen (secondary N) is 1. The lowest BCUT2D eigenvalue weighted by molar-refractivity contribution is -0.117. The van der Waals surface area contributed by atoms with Gasteiger partial charge in [-0.25, -0.2) is 0 Å². The summed E-state index contributed by atoms with van der Waals surface area (Å²) in [6, 6.07) is 6.51. The van der Waals surface area contributed by atoms with Gasteiger partial charge in [-0.15, -0.1) is 0 Å². The van der Waals surface area contributed by atoms with E-state index >= 15 is 0 Å². The highest BCUT2D eigenvalue weighted by Gasteiger charge is 2.35. The lowest BCUT2D eigenvalue weighted by atomic mass is 10.0. The highest BCUT2D eigenvalue weighted by atomic mass is 79.9. The van der Waals surface area contributed by atoms with Crippen LogP contribution in [0.4, 0.5) is 11.4 Å². The zero-order chi connectivity index (χ0) is 12.7. The van der Waals surface area contributed by atoms with Crippen LogP contribution >= 0.6 is 15.9 Å². The molecule has 1 amide bonds. The predicted octanol–water partition coefficient (Wildman–Crippen LogP) is 3.54. The first-order chi connectivity index (χ1) is 8.66. The SMILES string of the molecule is CC1C(=O)Nc2ccc(Br)cc2N1C1CCCC1. The van der Waals surface area contributed by atoms with E-state index in [1.807, 2.05) is 19.1 Å². The summed E-state index contributed by atoms with van der Waals surface area (Å²) in [6.07, 6.45) is 4.95. The quantitative estimate of drug-likeness (QED) is 0.860. The molecule has 0 aromatic heterocycles. The Bertz CT molecular complexity index is 483. The molecule has 1 N–H and O–H groups in total. The van der Waals surface area contributed by atoms with E-state index in [0.717, 1.165) is 15.8 Å². The molecule has 1 unspecified atom stereocenters. The minimum Gasteiger partial charge on any atom is -0.355 e. The van der Waals surface area contributed by atoms with Gasteiger partial charge >= 0.3 is 0 Å². The van der Waals surface area contributed by atoms with Crippen molar-refractivity contribution in [1.29, 1.82) is 0 Å². The van der Waals surface area contributed by atoms with Gasteiger partial charge < -0.3 is 10.2 Å². The number of hydrogen-bond donors (Lipinski definition) is 1. The number of halogens is 1. The molecule has 3 rings (SSSR count). The first-order valence-electron chi connectivity index (χ1n) is 6.55. The fraction of sp³-hybridized carbons (Fsp3) is 0.500. The summed E-state index contributed by atoms with van der Waals surface area (Å²) in [4.78, 5) is 14.4. The van der Waals surface area contributed by atoms with E-state index in [2.05, 4.69) is 32.2 Å². The van der Waals surface area contributed by atoms with Gasteiger partial charge in [0.15, 0.2) is 0 Å². The molecule has 0 saturated heterocycles. The second-order valence-electron chi connectivity index (χ2n) is 5.17. The average molecular weight is 309 g/mol. The summed E-state index contributed by atoms with van der Waals surface area (Å²) in [7, 11) is 0. The zero-order valence-electron chi connectivity index (χ0n) is 10.4. The lowest BCUT2D eigenvalue weighted by Crippen LogP contribution is -2.50. The highest BCUT2D eigenvalue weighted by Crippen LogP contribution is 2.39. The number of fused-ring (bicyclic) bond motifs is 1. The van der Waals surface area contributed by atoms with Gasteiger partial charge in [0, 0.05) is 10.5 Å². The fourth-order valence-corrected chi connectivity index (χ4v) is 3.44. The molecule has 3 nitrogen and oxygen atoms in total. The average Bonchev–Trinajstić information content (AvgIpc) is 2.85. The van der Waals surface area contributed by atoms with Crippen molar-refractivity contribution in [2.75, 3.05) is 10.2 Å². The van der Waals surface area contributed by atoms with Crippen molar-refractivity contribution in [3.05, 3.63) is 22.7 Å². The van der Waals surface area contributed by atoms with Crippen molar-refractivity contribution in [3.63, 3.8) is 0 Å². The van der Waals surface area contributed by atoms with Gasteiger partial charge in [-0.05, 0) is 38.0 Å². The van der Waals surface area contributed by atoms with Crippen molar-refractivity contribution in [2.45, 2.75) is 44.7 Å². The standard InChI is InChI=1S/C14H17BrN2O/c1-9-14(18)16-12-7-6-10(15)8-13(12)17(9)11-4-2-3-5-11/h6-9,11H,2-5H2,1H3,(H,16,18). The van der Waals surface area contributed by atoms with Gasteiger partial charge in [0.25, 0.3) is 0 Å². The summed E-state index contributed by atoms with van der Waals surface area (Å²) in [6.45, 7) is 2.00. The Morgan fingerprint density at radius 1 is 1.33 bits per heavy atom. The van der Waals surface area contributed by atoms with E-state index in [1.165, 1.54) is 25.7 Å². The van der Waals surface area contributed by atoms with Gasteiger partial charge in [0.1, 0.15) is 6.04 Å². The van der Waals surface area contributed by atoms with Crippen molar-refractivity contribution in [2.24, 2.45) is 0 Å². The Kier molecular flexibility index (Phi) is 3.06. The molecule has 1 fully saturated rings. The maximum absolute atomic E-state index is 12.0. The van der Waals surface area contributed by atoms with Gasteiger partial charge in [0.05, 0.1) is 11.4 Å². The Labute approximate surface area is 116 Å². The van der Waals surface area contributed by atoms with E-state index in [4.69, 9.17) is 0 Å². The molecule has 1 aromatic carbocycles. The molecule has 1 saturated carbocycles.